The van der Waals surface area contributed by atoms with Crippen molar-refractivity contribution in [2.75, 3.05) is 5.32 Å². The maximum atomic E-state index is 12.3. The first-order valence-corrected chi connectivity index (χ1v) is 8.79. The monoisotopic (exact) mass is 385 g/mol. The first kappa shape index (κ1) is 18.4. The third-order valence-electron chi connectivity index (χ3n) is 3.52. The summed E-state index contributed by atoms with van der Waals surface area (Å²) in [6, 6.07) is 10.2. The normalized spacial score (nSPS) is 10.9. The molecule has 2 heterocycles. The largest absolute Gasteiger partial charge is 0.519 e. The number of benzene rings is 1. The van der Waals surface area contributed by atoms with Crippen LogP contribution in [0.4, 0.5) is 5.69 Å². The lowest BCUT2D eigenvalue weighted by Gasteiger charge is -2.09. The molecule has 8 heteroatoms. The second-order valence-electron chi connectivity index (χ2n) is 5.39. The molecule has 27 heavy (non-hydrogen) atoms. The van der Waals surface area contributed by atoms with Crippen molar-refractivity contribution in [1.29, 1.82) is 0 Å². The van der Waals surface area contributed by atoms with E-state index in [1.54, 1.807) is 24.3 Å². The standard InChI is InChI=1S/C19H15NO6S/c1-12-16(26-19(23)25-12)11-24-18(22)14-6-2-3-7-15(14)20-17(21)9-8-13-5-4-10-27-13/h2-10H,11H2,1H3,(H,20,21). The molecular weight excluding hydrogens is 370 g/mol. The fourth-order valence-corrected chi connectivity index (χ4v) is 2.82. The number of anilines is 1. The number of amides is 1. The Morgan fingerprint density at radius 3 is 2.70 bits per heavy atom. The van der Waals surface area contributed by atoms with Crippen LogP contribution in [-0.4, -0.2) is 11.9 Å². The minimum Gasteiger partial charge on any atom is -0.454 e. The van der Waals surface area contributed by atoms with E-state index in [9.17, 15) is 14.4 Å². The molecule has 0 saturated carbocycles. The highest BCUT2D eigenvalue weighted by molar-refractivity contribution is 7.10. The molecule has 0 aliphatic carbocycles. The zero-order valence-electron chi connectivity index (χ0n) is 14.3. The molecule has 1 aromatic carbocycles. The maximum Gasteiger partial charge on any atom is 0.519 e. The zero-order chi connectivity index (χ0) is 19.2. The van der Waals surface area contributed by atoms with Crippen LogP contribution < -0.4 is 11.1 Å². The van der Waals surface area contributed by atoms with Gasteiger partial charge in [0.2, 0.25) is 5.91 Å². The number of para-hydroxylation sites is 1. The number of carbonyl (C=O) groups excluding carboxylic acids is 2. The van der Waals surface area contributed by atoms with Gasteiger partial charge in [-0.05, 0) is 36.6 Å². The van der Waals surface area contributed by atoms with Gasteiger partial charge in [-0.3, -0.25) is 4.79 Å². The summed E-state index contributed by atoms with van der Waals surface area (Å²) < 4.78 is 14.6. The van der Waals surface area contributed by atoms with Crippen LogP contribution in [0, 0.1) is 6.92 Å². The Balaban J connectivity index is 1.67. The average molecular weight is 385 g/mol. The molecule has 0 atom stereocenters. The maximum absolute atomic E-state index is 12.3. The van der Waals surface area contributed by atoms with Crippen LogP contribution >= 0.6 is 11.3 Å². The highest BCUT2D eigenvalue weighted by Crippen LogP contribution is 2.18. The Hall–Kier alpha value is -3.39. The van der Waals surface area contributed by atoms with E-state index in [-0.39, 0.29) is 29.6 Å². The highest BCUT2D eigenvalue weighted by Gasteiger charge is 2.16. The van der Waals surface area contributed by atoms with Crippen LogP contribution in [0.2, 0.25) is 0 Å². The van der Waals surface area contributed by atoms with Gasteiger partial charge in [0.05, 0.1) is 11.3 Å². The van der Waals surface area contributed by atoms with Crippen LogP contribution in [0.3, 0.4) is 0 Å². The van der Waals surface area contributed by atoms with E-state index in [2.05, 4.69) is 5.32 Å². The molecule has 0 bridgehead atoms. The topological polar surface area (TPSA) is 98.8 Å². The summed E-state index contributed by atoms with van der Waals surface area (Å²) in [7, 11) is 0. The van der Waals surface area contributed by atoms with Gasteiger partial charge in [-0.2, -0.15) is 0 Å². The first-order chi connectivity index (χ1) is 13.0. The van der Waals surface area contributed by atoms with Gasteiger partial charge < -0.3 is 18.9 Å². The van der Waals surface area contributed by atoms with Crippen molar-refractivity contribution in [3.8, 4) is 0 Å². The molecule has 0 fully saturated rings. The molecule has 2 aromatic heterocycles. The number of hydrogen-bond donors (Lipinski definition) is 1. The van der Waals surface area contributed by atoms with E-state index in [0.29, 0.717) is 5.69 Å². The molecule has 0 unspecified atom stereocenters. The number of aryl methyl sites for hydroxylation is 1. The van der Waals surface area contributed by atoms with E-state index in [1.165, 1.54) is 30.4 Å². The highest BCUT2D eigenvalue weighted by atomic mass is 32.1. The van der Waals surface area contributed by atoms with E-state index in [4.69, 9.17) is 13.6 Å². The predicted octanol–water partition coefficient (Wildman–Crippen LogP) is 3.61. The molecule has 3 rings (SSSR count). The number of esters is 1. The molecule has 0 saturated heterocycles. The molecule has 7 nitrogen and oxygen atoms in total. The van der Waals surface area contributed by atoms with Gasteiger partial charge in [0.1, 0.15) is 0 Å². The van der Waals surface area contributed by atoms with Crippen LogP contribution in [0.15, 0.2) is 61.5 Å². The number of ether oxygens (including phenoxy) is 1. The quantitative estimate of drug-likeness (QED) is 0.514. The summed E-state index contributed by atoms with van der Waals surface area (Å²) in [5, 5.41) is 4.56. The molecule has 0 radical (unpaired) electrons. The Kier molecular flexibility index (Phi) is 5.68. The van der Waals surface area contributed by atoms with Gasteiger partial charge in [0, 0.05) is 11.0 Å². The van der Waals surface area contributed by atoms with Crippen molar-refractivity contribution in [3.63, 3.8) is 0 Å². The fraction of sp³-hybridized carbons (Fsp3) is 0.105. The van der Waals surface area contributed by atoms with Gasteiger partial charge in [0.25, 0.3) is 0 Å². The smallest absolute Gasteiger partial charge is 0.454 e. The van der Waals surface area contributed by atoms with Crippen LogP contribution in [-0.2, 0) is 16.1 Å². The van der Waals surface area contributed by atoms with Crippen molar-refractivity contribution in [2.45, 2.75) is 13.5 Å². The number of nitrogens with one attached hydrogen (secondary N) is 1. The van der Waals surface area contributed by atoms with Gasteiger partial charge >= 0.3 is 11.8 Å². The minimum atomic E-state index is -0.858. The van der Waals surface area contributed by atoms with Gasteiger partial charge in [0.15, 0.2) is 18.1 Å². The lowest BCUT2D eigenvalue weighted by Crippen LogP contribution is -2.13. The van der Waals surface area contributed by atoms with E-state index < -0.39 is 11.8 Å². The molecule has 1 N–H and O–H groups in total. The summed E-state index contributed by atoms with van der Waals surface area (Å²) in [5.41, 5.74) is 0.493. The molecule has 3 aromatic rings. The lowest BCUT2D eigenvalue weighted by atomic mass is 10.2. The summed E-state index contributed by atoms with van der Waals surface area (Å²) in [4.78, 5) is 36.4. The SMILES string of the molecule is Cc1oc(=O)oc1COC(=O)c1ccccc1NC(=O)C=Cc1cccs1. The Labute approximate surface area is 157 Å². The third kappa shape index (κ3) is 4.83. The van der Waals surface area contributed by atoms with Gasteiger partial charge in [-0.1, -0.05) is 18.2 Å². The van der Waals surface area contributed by atoms with Crippen molar-refractivity contribution in [3.05, 3.63) is 80.4 Å². The number of hydrogen-bond acceptors (Lipinski definition) is 7. The van der Waals surface area contributed by atoms with Crippen molar-refractivity contribution in [2.24, 2.45) is 0 Å². The number of rotatable bonds is 6. The van der Waals surface area contributed by atoms with Crippen molar-refractivity contribution < 1.29 is 23.2 Å². The summed E-state index contributed by atoms with van der Waals surface area (Å²) >= 11 is 1.51. The molecule has 0 aliphatic heterocycles. The van der Waals surface area contributed by atoms with Crippen LogP contribution in [0.25, 0.3) is 6.08 Å². The van der Waals surface area contributed by atoms with E-state index in [1.807, 2.05) is 17.5 Å². The molecular formula is C19H15NO6S. The van der Waals surface area contributed by atoms with Crippen molar-refractivity contribution in [1.82, 2.24) is 0 Å². The molecule has 0 spiro atoms. The third-order valence-corrected chi connectivity index (χ3v) is 4.35. The second-order valence-corrected chi connectivity index (χ2v) is 6.37. The first-order valence-electron chi connectivity index (χ1n) is 7.91. The van der Waals surface area contributed by atoms with Gasteiger partial charge in [-0.15, -0.1) is 11.3 Å². The number of thiophene rings is 1. The van der Waals surface area contributed by atoms with E-state index in [0.717, 1.165) is 4.88 Å². The summed E-state index contributed by atoms with van der Waals surface area (Å²) in [6.07, 6.45) is 3.07. The Bertz CT molecular complexity index is 1030. The lowest BCUT2D eigenvalue weighted by molar-refractivity contribution is -0.111. The van der Waals surface area contributed by atoms with Gasteiger partial charge in [-0.25, -0.2) is 9.59 Å². The fourth-order valence-electron chi connectivity index (χ4n) is 2.20. The molecule has 138 valence electrons. The molecule has 1 amide bonds. The van der Waals surface area contributed by atoms with Crippen LogP contribution in [0.5, 0.6) is 0 Å². The van der Waals surface area contributed by atoms with Crippen molar-refractivity contribution >= 4 is 35.0 Å². The Morgan fingerprint density at radius 2 is 2.00 bits per heavy atom. The Morgan fingerprint density at radius 1 is 1.19 bits per heavy atom. The number of carbonyl (C=O) groups is 2. The minimum absolute atomic E-state index is 0.133. The average Bonchev–Trinajstić information content (AvgIpc) is 3.27. The second kappa shape index (κ2) is 8.33. The summed E-state index contributed by atoms with van der Waals surface area (Å²) in [5.74, 6) is -1.53. The molecule has 0 aliphatic rings. The zero-order valence-corrected chi connectivity index (χ0v) is 15.1. The summed E-state index contributed by atoms with van der Waals surface area (Å²) in [6.45, 7) is 1.28. The van der Waals surface area contributed by atoms with E-state index >= 15 is 0 Å². The predicted molar refractivity (Wildman–Crippen MR) is 99.5 cm³/mol. The van der Waals surface area contributed by atoms with Crippen LogP contribution in [0.1, 0.15) is 26.8 Å².